The van der Waals surface area contributed by atoms with Crippen LogP contribution in [0.15, 0.2) is 12.1 Å². The maximum Gasteiger partial charge on any atom is 0.419 e. The van der Waals surface area contributed by atoms with Crippen LogP contribution in [-0.4, -0.2) is 0 Å². The van der Waals surface area contributed by atoms with Gasteiger partial charge in [0.15, 0.2) is 0 Å². The molecule has 0 fully saturated rings. The first-order valence-corrected chi connectivity index (χ1v) is 4.16. The number of halogens is 5. The van der Waals surface area contributed by atoms with Crippen LogP contribution in [0.5, 0.6) is 0 Å². The van der Waals surface area contributed by atoms with Crippen molar-refractivity contribution in [3.05, 3.63) is 34.1 Å². The van der Waals surface area contributed by atoms with Gasteiger partial charge in [-0.05, 0) is 17.7 Å². The highest BCUT2D eigenvalue weighted by Crippen LogP contribution is 2.34. The number of rotatable bonds is 1. The van der Waals surface area contributed by atoms with Gasteiger partial charge in [0.1, 0.15) is 5.82 Å². The Morgan fingerprint density at radius 2 is 1.93 bits per heavy atom. The molecule has 0 heterocycles. The van der Waals surface area contributed by atoms with Crippen molar-refractivity contribution in [2.75, 3.05) is 0 Å². The average molecular weight is 238 g/mol. The van der Waals surface area contributed by atoms with Crippen LogP contribution in [0, 0.1) is 17.1 Å². The molecule has 0 atom stereocenters. The minimum atomic E-state index is -4.78. The molecular formula is C9H4ClF4N. The van der Waals surface area contributed by atoms with Gasteiger partial charge in [-0.3, -0.25) is 0 Å². The van der Waals surface area contributed by atoms with Crippen molar-refractivity contribution >= 4 is 11.6 Å². The molecule has 1 aromatic carbocycles. The summed E-state index contributed by atoms with van der Waals surface area (Å²) < 4.78 is 49.6. The highest BCUT2D eigenvalue weighted by atomic mass is 35.5. The first-order chi connectivity index (χ1) is 6.86. The van der Waals surface area contributed by atoms with Gasteiger partial charge in [-0.25, -0.2) is 4.39 Å². The van der Waals surface area contributed by atoms with Crippen molar-refractivity contribution in [1.29, 1.82) is 5.26 Å². The molecular weight excluding hydrogens is 234 g/mol. The lowest BCUT2D eigenvalue weighted by Gasteiger charge is -2.10. The predicted molar refractivity (Wildman–Crippen MR) is 45.7 cm³/mol. The third kappa shape index (κ3) is 2.60. The van der Waals surface area contributed by atoms with E-state index in [0.717, 1.165) is 0 Å². The first-order valence-electron chi connectivity index (χ1n) is 3.78. The van der Waals surface area contributed by atoms with Gasteiger partial charge in [0, 0.05) is 5.02 Å². The molecule has 0 saturated carbocycles. The summed E-state index contributed by atoms with van der Waals surface area (Å²) in [7, 11) is 0. The zero-order valence-electron chi connectivity index (χ0n) is 7.20. The van der Waals surface area contributed by atoms with Crippen LogP contribution in [0.25, 0.3) is 0 Å². The number of alkyl halides is 3. The zero-order valence-corrected chi connectivity index (χ0v) is 7.95. The van der Waals surface area contributed by atoms with Crippen LogP contribution in [0.3, 0.4) is 0 Å². The first kappa shape index (κ1) is 11.8. The van der Waals surface area contributed by atoms with E-state index in [0.29, 0.717) is 12.1 Å². The molecule has 1 rings (SSSR count). The molecule has 15 heavy (non-hydrogen) atoms. The smallest absolute Gasteiger partial charge is 0.206 e. The SMILES string of the molecule is N#CCc1cc(C(F)(F)F)c(F)cc1Cl. The van der Waals surface area contributed by atoms with E-state index < -0.39 is 17.6 Å². The summed E-state index contributed by atoms with van der Waals surface area (Å²) in [5, 5.41) is 8.14. The van der Waals surface area contributed by atoms with Crippen LogP contribution in [0.2, 0.25) is 5.02 Å². The maximum atomic E-state index is 12.9. The predicted octanol–water partition coefficient (Wildman–Crippen LogP) is 3.56. The molecule has 1 aromatic rings. The standard InChI is InChI=1S/C9H4ClF4N/c10-7-4-8(11)6(9(12,13)14)3-5(7)1-2-15/h3-4H,1H2. The molecule has 80 valence electrons. The second kappa shape index (κ2) is 4.07. The van der Waals surface area contributed by atoms with Crippen LogP contribution in [-0.2, 0) is 12.6 Å². The van der Waals surface area contributed by atoms with Gasteiger partial charge in [-0.2, -0.15) is 18.4 Å². The summed E-state index contributed by atoms with van der Waals surface area (Å²) in [4.78, 5) is 0. The summed E-state index contributed by atoms with van der Waals surface area (Å²) >= 11 is 5.47. The van der Waals surface area contributed by atoms with E-state index in [9.17, 15) is 17.6 Å². The van der Waals surface area contributed by atoms with Crippen LogP contribution >= 0.6 is 11.6 Å². The fourth-order valence-corrected chi connectivity index (χ4v) is 1.25. The highest BCUT2D eigenvalue weighted by molar-refractivity contribution is 6.31. The second-order valence-corrected chi connectivity index (χ2v) is 3.16. The molecule has 0 aliphatic heterocycles. The molecule has 0 saturated heterocycles. The van der Waals surface area contributed by atoms with Gasteiger partial charge < -0.3 is 0 Å². The van der Waals surface area contributed by atoms with Gasteiger partial charge in [-0.15, -0.1) is 0 Å². The van der Waals surface area contributed by atoms with Crippen molar-refractivity contribution in [3.63, 3.8) is 0 Å². The summed E-state index contributed by atoms with van der Waals surface area (Å²) in [6.07, 6.45) is -5.07. The summed E-state index contributed by atoms with van der Waals surface area (Å²) in [5.41, 5.74) is -1.44. The van der Waals surface area contributed by atoms with Crippen molar-refractivity contribution in [2.45, 2.75) is 12.6 Å². The third-order valence-corrected chi connectivity index (χ3v) is 2.06. The van der Waals surface area contributed by atoms with Gasteiger partial charge >= 0.3 is 6.18 Å². The number of hydrogen-bond donors (Lipinski definition) is 0. The fourth-order valence-electron chi connectivity index (χ4n) is 1.03. The molecule has 6 heteroatoms. The van der Waals surface area contributed by atoms with E-state index in [1.807, 2.05) is 0 Å². The zero-order chi connectivity index (χ0) is 11.6. The molecule has 0 N–H and O–H groups in total. The molecule has 0 unspecified atom stereocenters. The van der Waals surface area contributed by atoms with E-state index in [1.165, 1.54) is 0 Å². The Morgan fingerprint density at radius 3 is 2.40 bits per heavy atom. The molecule has 0 bridgehead atoms. The Labute approximate surface area is 87.9 Å². The van der Waals surface area contributed by atoms with E-state index in [1.54, 1.807) is 6.07 Å². The molecule has 0 aromatic heterocycles. The van der Waals surface area contributed by atoms with Crippen LogP contribution < -0.4 is 0 Å². The van der Waals surface area contributed by atoms with Crippen molar-refractivity contribution in [3.8, 4) is 6.07 Å². The Kier molecular flexibility index (Phi) is 3.20. The summed E-state index contributed by atoms with van der Waals surface area (Å²) in [5.74, 6) is -1.44. The quantitative estimate of drug-likeness (QED) is 0.685. The lowest BCUT2D eigenvalue weighted by Crippen LogP contribution is -2.09. The maximum absolute atomic E-state index is 12.9. The summed E-state index contributed by atoms with van der Waals surface area (Å²) in [6, 6.07) is 2.77. The van der Waals surface area contributed by atoms with Gasteiger partial charge in [0.2, 0.25) is 0 Å². The minimum absolute atomic E-state index is 0.0344. The lowest BCUT2D eigenvalue weighted by molar-refractivity contribution is -0.140. The monoisotopic (exact) mass is 237 g/mol. The molecule has 0 amide bonds. The number of hydrogen-bond acceptors (Lipinski definition) is 1. The van der Waals surface area contributed by atoms with Crippen LogP contribution in [0.4, 0.5) is 17.6 Å². The van der Waals surface area contributed by atoms with E-state index in [-0.39, 0.29) is 17.0 Å². The molecule has 0 aliphatic carbocycles. The lowest BCUT2D eigenvalue weighted by atomic mass is 10.1. The fraction of sp³-hybridized carbons (Fsp3) is 0.222. The number of nitrogens with zero attached hydrogens (tertiary/aromatic N) is 1. The van der Waals surface area contributed by atoms with E-state index >= 15 is 0 Å². The minimum Gasteiger partial charge on any atom is -0.206 e. The normalized spacial score (nSPS) is 11.2. The number of benzene rings is 1. The topological polar surface area (TPSA) is 23.8 Å². The van der Waals surface area contributed by atoms with Crippen molar-refractivity contribution in [1.82, 2.24) is 0 Å². The molecule has 0 spiro atoms. The van der Waals surface area contributed by atoms with Gasteiger partial charge in [0.25, 0.3) is 0 Å². The Morgan fingerprint density at radius 1 is 1.33 bits per heavy atom. The second-order valence-electron chi connectivity index (χ2n) is 2.76. The Bertz CT molecular complexity index is 419. The molecule has 1 nitrogen and oxygen atoms in total. The van der Waals surface area contributed by atoms with Gasteiger partial charge in [0.05, 0.1) is 18.1 Å². The Balaban J connectivity index is 3.31. The van der Waals surface area contributed by atoms with Crippen molar-refractivity contribution < 1.29 is 17.6 Å². The Hall–Kier alpha value is -1.28. The van der Waals surface area contributed by atoms with Gasteiger partial charge in [-0.1, -0.05) is 11.6 Å². The van der Waals surface area contributed by atoms with E-state index in [2.05, 4.69) is 0 Å². The highest BCUT2D eigenvalue weighted by Gasteiger charge is 2.34. The summed E-state index contributed by atoms with van der Waals surface area (Å²) in [6.45, 7) is 0. The molecule has 0 aliphatic rings. The molecule has 0 radical (unpaired) electrons. The van der Waals surface area contributed by atoms with Crippen LogP contribution in [0.1, 0.15) is 11.1 Å². The third-order valence-electron chi connectivity index (χ3n) is 1.71. The van der Waals surface area contributed by atoms with E-state index in [4.69, 9.17) is 16.9 Å². The average Bonchev–Trinajstić information content (AvgIpc) is 2.07. The number of nitriles is 1. The van der Waals surface area contributed by atoms with Crippen molar-refractivity contribution in [2.24, 2.45) is 0 Å². The largest absolute Gasteiger partial charge is 0.419 e.